The highest BCUT2D eigenvalue weighted by molar-refractivity contribution is 5.85. The number of aromatic carboxylic acids is 1. The third-order valence-electron chi connectivity index (χ3n) is 2.19. The number of anilines is 1. The maximum atomic E-state index is 10.7. The second-order valence-corrected chi connectivity index (χ2v) is 3.75. The van der Waals surface area contributed by atoms with Crippen molar-refractivity contribution in [3.8, 4) is 0 Å². The van der Waals surface area contributed by atoms with Crippen molar-refractivity contribution in [2.75, 3.05) is 11.9 Å². The first-order valence-electron chi connectivity index (χ1n) is 4.98. The van der Waals surface area contributed by atoms with E-state index in [2.05, 4.69) is 15.3 Å². The molecule has 0 spiro atoms. The summed E-state index contributed by atoms with van der Waals surface area (Å²) in [6.45, 7) is 3.82. The van der Waals surface area contributed by atoms with E-state index >= 15 is 0 Å². The number of carboxylic acid groups (broad SMARTS) is 1. The highest BCUT2D eigenvalue weighted by atomic mass is 16.4. The van der Waals surface area contributed by atoms with Crippen molar-refractivity contribution in [1.82, 2.24) is 9.97 Å². The summed E-state index contributed by atoms with van der Waals surface area (Å²) in [4.78, 5) is 18.4. The molecule has 0 saturated carbocycles. The minimum absolute atomic E-state index is 0.0572. The van der Waals surface area contributed by atoms with Gasteiger partial charge in [0.05, 0.1) is 12.6 Å². The Bertz CT molecular complexity index is 368. The number of rotatable bonds is 5. The maximum absolute atomic E-state index is 10.7. The van der Waals surface area contributed by atoms with Gasteiger partial charge in [-0.05, 0) is 12.0 Å². The molecule has 1 aromatic heterocycles. The Hall–Kier alpha value is -1.69. The van der Waals surface area contributed by atoms with E-state index < -0.39 is 5.97 Å². The fourth-order valence-corrected chi connectivity index (χ4v) is 1.14. The fraction of sp³-hybridized carbons (Fsp3) is 0.500. The van der Waals surface area contributed by atoms with Gasteiger partial charge in [-0.25, -0.2) is 14.8 Å². The first-order valence-corrected chi connectivity index (χ1v) is 4.98. The van der Waals surface area contributed by atoms with Crippen LogP contribution in [0.2, 0.25) is 0 Å². The topological polar surface area (TPSA) is 95.3 Å². The van der Waals surface area contributed by atoms with Crippen LogP contribution < -0.4 is 5.32 Å². The lowest BCUT2D eigenvalue weighted by Crippen LogP contribution is -2.30. The summed E-state index contributed by atoms with van der Waals surface area (Å²) >= 11 is 0. The quantitative estimate of drug-likeness (QED) is 0.679. The predicted octanol–water partition coefficient (Wildman–Crippen LogP) is 0.604. The molecule has 3 N–H and O–H groups in total. The molecular formula is C10H15N3O3. The standard InChI is InChI=1S/C10H15N3O3/c1-6(2)8(5-14)13-10-11-4-3-7(12-10)9(15)16/h3-4,6,8,14H,5H2,1-2H3,(H,15,16)(H,11,12,13). The van der Waals surface area contributed by atoms with E-state index in [9.17, 15) is 4.79 Å². The highest BCUT2D eigenvalue weighted by Crippen LogP contribution is 2.08. The van der Waals surface area contributed by atoms with Crippen LogP contribution >= 0.6 is 0 Å². The first-order chi connectivity index (χ1) is 7.54. The number of carboxylic acids is 1. The zero-order valence-electron chi connectivity index (χ0n) is 9.21. The van der Waals surface area contributed by atoms with Gasteiger partial charge in [-0.3, -0.25) is 0 Å². The van der Waals surface area contributed by atoms with Crippen LogP contribution in [0.5, 0.6) is 0 Å². The second-order valence-electron chi connectivity index (χ2n) is 3.75. The van der Waals surface area contributed by atoms with Gasteiger partial charge in [0.1, 0.15) is 0 Å². The van der Waals surface area contributed by atoms with Crippen molar-refractivity contribution in [2.45, 2.75) is 19.9 Å². The van der Waals surface area contributed by atoms with Crippen molar-refractivity contribution >= 4 is 11.9 Å². The van der Waals surface area contributed by atoms with Crippen LogP contribution in [-0.2, 0) is 0 Å². The van der Waals surface area contributed by atoms with Crippen molar-refractivity contribution < 1.29 is 15.0 Å². The molecule has 0 aromatic carbocycles. The summed E-state index contributed by atoms with van der Waals surface area (Å²) < 4.78 is 0. The molecule has 88 valence electrons. The molecule has 0 fully saturated rings. The minimum atomic E-state index is -1.10. The van der Waals surface area contributed by atoms with Gasteiger partial charge >= 0.3 is 5.97 Å². The van der Waals surface area contributed by atoms with E-state index in [1.807, 2.05) is 13.8 Å². The second kappa shape index (κ2) is 5.41. The molecule has 6 heteroatoms. The van der Waals surface area contributed by atoms with E-state index in [0.29, 0.717) is 0 Å². The number of nitrogens with one attached hydrogen (secondary N) is 1. The van der Waals surface area contributed by atoms with Gasteiger partial charge in [-0.15, -0.1) is 0 Å². The number of aromatic nitrogens is 2. The Morgan fingerprint density at radius 3 is 2.75 bits per heavy atom. The monoisotopic (exact) mass is 225 g/mol. The fourth-order valence-electron chi connectivity index (χ4n) is 1.14. The van der Waals surface area contributed by atoms with Crippen LogP contribution in [-0.4, -0.2) is 38.8 Å². The van der Waals surface area contributed by atoms with Crippen LogP contribution in [0.25, 0.3) is 0 Å². The van der Waals surface area contributed by atoms with Crippen LogP contribution in [0.4, 0.5) is 5.95 Å². The van der Waals surface area contributed by atoms with Crippen molar-refractivity contribution in [3.63, 3.8) is 0 Å². The first kappa shape index (κ1) is 12.4. The van der Waals surface area contributed by atoms with E-state index in [0.717, 1.165) is 0 Å². The van der Waals surface area contributed by atoms with Gasteiger partial charge in [0.25, 0.3) is 0 Å². The van der Waals surface area contributed by atoms with Crippen LogP contribution in [0, 0.1) is 5.92 Å². The molecule has 16 heavy (non-hydrogen) atoms. The molecule has 0 bridgehead atoms. The lowest BCUT2D eigenvalue weighted by Gasteiger charge is -2.19. The van der Waals surface area contributed by atoms with Gasteiger partial charge < -0.3 is 15.5 Å². The highest BCUT2D eigenvalue weighted by Gasteiger charge is 2.14. The zero-order valence-corrected chi connectivity index (χ0v) is 9.21. The largest absolute Gasteiger partial charge is 0.477 e. The lowest BCUT2D eigenvalue weighted by atomic mass is 10.1. The van der Waals surface area contributed by atoms with Crippen LogP contribution in [0.1, 0.15) is 24.3 Å². The Morgan fingerprint density at radius 2 is 2.25 bits per heavy atom. The molecule has 1 unspecified atom stereocenters. The summed E-state index contributed by atoms with van der Waals surface area (Å²) in [5.74, 6) is -0.690. The van der Waals surface area contributed by atoms with Gasteiger partial charge in [-0.2, -0.15) is 0 Å². The third-order valence-corrected chi connectivity index (χ3v) is 2.19. The zero-order chi connectivity index (χ0) is 12.1. The molecule has 0 amide bonds. The van der Waals surface area contributed by atoms with Crippen molar-refractivity contribution in [3.05, 3.63) is 18.0 Å². The Labute approximate surface area is 93.4 Å². The predicted molar refractivity (Wildman–Crippen MR) is 58.3 cm³/mol. The average Bonchev–Trinajstić information content (AvgIpc) is 2.25. The van der Waals surface area contributed by atoms with Crippen molar-refractivity contribution in [1.29, 1.82) is 0 Å². The molecule has 0 saturated heterocycles. The molecule has 0 radical (unpaired) electrons. The molecule has 1 aromatic rings. The van der Waals surface area contributed by atoms with Crippen molar-refractivity contribution in [2.24, 2.45) is 5.92 Å². The molecular weight excluding hydrogens is 210 g/mol. The van der Waals surface area contributed by atoms with Gasteiger partial charge in [-0.1, -0.05) is 13.8 Å². The minimum Gasteiger partial charge on any atom is -0.477 e. The summed E-state index contributed by atoms with van der Waals surface area (Å²) in [6, 6.07) is 1.13. The number of nitrogens with zero attached hydrogens (tertiary/aromatic N) is 2. The molecule has 0 aliphatic carbocycles. The summed E-state index contributed by atoms with van der Waals surface area (Å²) in [5, 5.41) is 20.7. The molecule has 1 heterocycles. The van der Waals surface area contributed by atoms with Gasteiger partial charge in [0.15, 0.2) is 5.69 Å². The van der Waals surface area contributed by atoms with Gasteiger partial charge in [0.2, 0.25) is 5.95 Å². The summed E-state index contributed by atoms with van der Waals surface area (Å²) in [7, 11) is 0. The Balaban J connectivity index is 2.80. The van der Waals surface area contributed by atoms with Crippen LogP contribution in [0.3, 0.4) is 0 Å². The Morgan fingerprint density at radius 1 is 1.56 bits per heavy atom. The number of hydrogen-bond donors (Lipinski definition) is 3. The lowest BCUT2D eigenvalue weighted by molar-refractivity contribution is 0.0690. The molecule has 1 rings (SSSR count). The number of hydrogen-bond acceptors (Lipinski definition) is 5. The van der Waals surface area contributed by atoms with E-state index in [4.69, 9.17) is 10.2 Å². The Kier molecular flexibility index (Phi) is 4.19. The van der Waals surface area contributed by atoms with E-state index in [-0.39, 0.29) is 30.2 Å². The number of aliphatic hydroxyl groups excluding tert-OH is 1. The number of aliphatic hydroxyl groups is 1. The molecule has 0 aliphatic rings. The van der Waals surface area contributed by atoms with Crippen LogP contribution in [0.15, 0.2) is 12.3 Å². The number of carbonyl (C=O) groups is 1. The molecule has 0 aliphatic heterocycles. The summed E-state index contributed by atoms with van der Waals surface area (Å²) in [6.07, 6.45) is 1.37. The van der Waals surface area contributed by atoms with Gasteiger partial charge in [0, 0.05) is 6.20 Å². The summed E-state index contributed by atoms with van der Waals surface area (Å²) in [5.41, 5.74) is -0.0713. The average molecular weight is 225 g/mol. The molecule has 6 nitrogen and oxygen atoms in total. The van der Waals surface area contributed by atoms with E-state index in [1.54, 1.807) is 0 Å². The maximum Gasteiger partial charge on any atom is 0.354 e. The normalized spacial score (nSPS) is 12.5. The third kappa shape index (κ3) is 3.16. The SMILES string of the molecule is CC(C)C(CO)Nc1nccc(C(=O)O)n1. The smallest absolute Gasteiger partial charge is 0.354 e. The van der Waals surface area contributed by atoms with E-state index in [1.165, 1.54) is 12.3 Å². The molecule has 1 atom stereocenters.